The minimum Gasteiger partial charge on any atom is -0.379 e. The van der Waals surface area contributed by atoms with Gasteiger partial charge in [0.15, 0.2) is 0 Å². The van der Waals surface area contributed by atoms with E-state index in [9.17, 15) is 0 Å². The van der Waals surface area contributed by atoms with Crippen molar-refractivity contribution in [1.29, 1.82) is 0 Å². The lowest BCUT2D eigenvalue weighted by molar-refractivity contribution is -0.0118. The number of pyridine rings is 1. The summed E-state index contributed by atoms with van der Waals surface area (Å²) in [5.74, 6) is 2.27. The Morgan fingerprint density at radius 1 is 0.978 bits per heavy atom. The van der Waals surface area contributed by atoms with Crippen molar-refractivity contribution in [2.75, 3.05) is 96.0 Å². The Bertz CT molecular complexity index is 1340. The Morgan fingerprint density at radius 3 is 2.76 bits per heavy atom. The van der Waals surface area contributed by atoms with Gasteiger partial charge in [0.25, 0.3) is 0 Å². The van der Waals surface area contributed by atoms with Crippen LogP contribution in [0.4, 0.5) is 17.5 Å². The van der Waals surface area contributed by atoms with Crippen molar-refractivity contribution < 1.29 is 9.47 Å². The number of nitrogens with zero attached hydrogens (tertiary/aromatic N) is 7. The average molecular weight is 615 g/mol. The summed E-state index contributed by atoms with van der Waals surface area (Å²) < 4.78 is 11.9. The average Bonchev–Trinajstić information content (AvgIpc) is 3.07. The molecule has 2 aromatic heterocycles. The maximum Gasteiger partial charge on any atom is 0.227 e. The predicted octanol–water partition coefficient (Wildman–Crippen LogP) is 4.37. The van der Waals surface area contributed by atoms with Gasteiger partial charge in [-0.25, -0.2) is 15.0 Å². The van der Waals surface area contributed by atoms with Crippen LogP contribution in [0.3, 0.4) is 0 Å². The Balaban J connectivity index is 1.17. The number of aromatic nitrogens is 3. The van der Waals surface area contributed by atoms with Gasteiger partial charge < -0.3 is 24.6 Å². The van der Waals surface area contributed by atoms with Gasteiger partial charge in [0, 0.05) is 89.1 Å². The van der Waals surface area contributed by atoms with Crippen molar-refractivity contribution in [3.05, 3.63) is 60.4 Å². The Morgan fingerprint density at radius 2 is 1.89 bits per heavy atom. The summed E-state index contributed by atoms with van der Waals surface area (Å²) in [5, 5.41) is 3.44. The lowest BCUT2D eigenvalue weighted by atomic mass is 10.0. The molecule has 1 N–H and O–H groups in total. The minimum absolute atomic E-state index is 0.364. The van der Waals surface area contributed by atoms with Crippen molar-refractivity contribution in [3.8, 4) is 11.3 Å². The third-order valence-electron chi connectivity index (χ3n) is 9.44. The van der Waals surface area contributed by atoms with Crippen LogP contribution in [0.5, 0.6) is 0 Å². The maximum atomic E-state index is 6.35. The van der Waals surface area contributed by atoms with E-state index in [0.29, 0.717) is 17.9 Å². The third kappa shape index (κ3) is 9.20. The van der Waals surface area contributed by atoms with E-state index in [1.54, 1.807) is 6.20 Å². The van der Waals surface area contributed by atoms with E-state index >= 15 is 0 Å². The Hall–Kier alpha value is -3.15. The highest BCUT2D eigenvalue weighted by Gasteiger charge is 2.27. The van der Waals surface area contributed by atoms with Crippen LogP contribution in [0.25, 0.3) is 11.3 Å². The lowest BCUT2D eigenvalue weighted by Crippen LogP contribution is -2.54. The molecule has 4 atom stereocenters. The number of rotatable bonds is 5. The normalized spacial score (nSPS) is 25.2. The minimum atomic E-state index is 0.364. The highest BCUT2D eigenvalue weighted by atomic mass is 16.5. The highest BCUT2D eigenvalue weighted by Crippen LogP contribution is 2.24. The molecule has 1 aromatic carbocycles. The molecular weight excluding hydrogens is 564 g/mol. The van der Waals surface area contributed by atoms with E-state index in [1.165, 1.54) is 18.4 Å². The first kappa shape index (κ1) is 31.8. The highest BCUT2D eigenvalue weighted by molar-refractivity contribution is 5.62. The van der Waals surface area contributed by atoms with Gasteiger partial charge in [0.05, 0.1) is 32.1 Å². The number of nitrogens with one attached hydrogen (secondary N) is 1. The quantitative estimate of drug-likeness (QED) is 0.419. The lowest BCUT2D eigenvalue weighted by Gasteiger charge is -2.42. The van der Waals surface area contributed by atoms with Crippen LogP contribution in [0.2, 0.25) is 0 Å². The summed E-state index contributed by atoms with van der Waals surface area (Å²) >= 11 is 0. The molecule has 8 heterocycles. The van der Waals surface area contributed by atoms with Crippen LogP contribution in [-0.4, -0.2) is 122 Å². The second-order valence-electron chi connectivity index (χ2n) is 12.9. The smallest absolute Gasteiger partial charge is 0.227 e. The SMILES string of the molecule is CC1CCCN(C)c2ccc(cn2)-c2ccnc(n2)Nc2cccc(c2)CN2CCN(CC1)CC2COCCN1CCOCC1. The molecule has 10 heteroatoms. The zero-order chi connectivity index (χ0) is 30.8. The van der Waals surface area contributed by atoms with Crippen LogP contribution in [0.1, 0.15) is 31.7 Å². The number of hydrogen-bond donors (Lipinski definition) is 1. The Labute approximate surface area is 268 Å². The van der Waals surface area contributed by atoms with E-state index in [-0.39, 0.29) is 0 Å². The van der Waals surface area contributed by atoms with Crippen molar-refractivity contribution in [2.24, 2.45) is 5.92 Å². The first-order valence-corrected chi connectivity index (χ1v) is 16.8. The van der Waals surface area contributed by atoms with Crippen LogP contribution in [0, 0.1) is 5.92 Å². The van der Waals surface area contributed by atoms with E-state index in [1.807, 2.05) is 12.3 Å². The molecule has 242 valence electrons. The molecule has 6 aliphatic heterocycles. The fourth-order valence-corrected chi connectivity index (χ4v) is 6.56. The van der Waals surface area contributed by atoms with Crippen molar-refractivity contribution in [1.82, 2.24) is 29.7 Å². The van der Waals surface area contributed by atoms with Gasteiger partial charge in [-0.3, -0.25) is 9.80 Å². The molecule has 3 aromatic rings. The predicted molar refractivity (Wildman–Crippen MR) is 180 cm³/mol. The molecule has 0 spiro atoms. The van der Waals surface area contributed by atoms with Crippen LogP contribution in [0.15, 0.2) is 54.9 Å². The van der Waals surface area contributed by atoms with Crippen molar-refractivity contribution in [3.63, 3.8) is 0 Å². The van der Waals surface area contributed by atoms with E-state index in [4.69, 9.17) is 19.4 Å². The monoisotopic (exact) mass is 614 g/mol. The molecule has 9 rings (SSSR count). The van der Waals surface area contributed by atoms with E-state index in [2.05, 4.69) is 80.3 Å². The molecule has 10 nitrogen and oxygen atoms in total. The van der Waals surface area contributed by atoms with Crippen molar-refractivity contribution in [2.45, 2.75) is 38.8 Å². The zero-order valence-electron chi connectivity index (χ0n) is 27.1. The van der Waals surface area contributed by atoms with Crippen LogP contribution >= 0.6 is 0 Å². The number of anilines is 3. The molecule has 0 radical (unpaired) electrons. The Kier molecular flexibility index (Phi) is 11.3. The first-order valence-electron chi connectivity index (χ1n) is 16.8. The van der Waals surface area contributed by atoms with Crippen molar-refractivity contribution >= 4 is 17.5 Å². The molecule has 2 saturated heterocycles. The summed E-state index contributed by atoms with van der Waals surface area (Å²) in [5.41, 5.74) is 4.10. The number of piperazine rings is 1. The maximum absolute atomic E-state index is 6.35. The third-order valence-corrected chi connectivity index (χ3v) is 9.44. The van der Waals surface area contributed by atoms with Gasteiger partial charge in [0.1, 0.15) is 5.82 Å². The molecule has 0 saturated carbocycles. The summed E-state index contributed by atoms with van der Waals surface area (Å²) in [6.07, 6.45) is 7.34. The number of morpholine rings is 1. The summed E-state index contributed by atoms with van der Waals surface area (Å²) in [6.45, 7) is 14.8. The summed E-state index contributed by atoms with van der Waals surface area (Å²) in [7, 11) is 2.14. The fourth-order valence-electron chi connectivity index (χ4n) is 6.56. The van der Waals surface area contributed by atoms with Gasteiger partial charge in [-0.1, -0.05) is 19.1 Å². The van der Waals surface area contributed by atoms with Gasteiger partial charge in [0.2, 0.25) is 5.95 Å². The van der Waals surface area contributed by atoms with Crippen LogP contribution < -0.4 is 10.2 Å². The second-order valence-corrected chi connectivity index (χ2v) is 12.9. The van der Waals surface area contributed by atoms with Crippen LogP contribution in [-0.2, 0) is 16.0 Å². The second kappa shape index (κ2) is 15.9. The molecule has 4 unspecified atom stereocenters. The first-order chi connectivity index (χ1) is 22.1. The van der Waals surface area contributed by atoms with Gasteiger partial charge in [-0.15, -0.1) is 0 Å². The van der Waals surface area contributed by atoms with E-state index < -0.39 is 0 Å². The summed E-state index contributed by atoms with van der Waals surface area (Å²) in [4.78, 5) is 24.1. The number of ether oxygens (including phenoxy) is 2. The topological polar surface area (TPSA) is 82.1 Å². The van der Waals surface area contributed by atoms with Gasteiger partial charge in [-0.05, 0) is 67.6 Å². The number of hydrogen-bond acceptors (Lipinski definition) is 10. The molecule has 2 fully saturated rings. The molecule has 6 aliphatic rings. The van der Waals surface area contributed by atoms with E-state index in [0.717, 1.165) is 115 Å². The zero-order valence-corrected chi connectivity index (χ0v) is 27.1. The summed E-state index contributed by atoms with van der Waals surface area (Å²) in [6, 6.07) is 15.1. The molecule has 45 heavy (non-hydrogen) atoms. The van der Waals surface area contributed by atoms with Gasteiger partial charge in [-0.2, -0.15) is 0 Å². The fraction of sp³-hybridized carbons (Fsp3) is 0.571. The van der Waals surface area contributed by atoms with Gasteiger partial charge >= 0.3 is 0 Å². The molecule has 0 aliphatic carbocycles. The molecule has 8 bridgehead atoms. The molecular formula is C35H50N8O2. The largest absolute Gasteiger partial charge is 0.379 e. The number of benzene rings is 1. The standard InChI is InChI=1S/C35H50N8O2/c1-28-5-4-13-40(2)34-9-8-30(24-37-34)33-10-12-36-35(39-33)38-31-7-3-6-29(23-31)25-43-16-15-42(14-11-28)26-32(43)27-45-22-19-41-17-20-44-21-18-41/h3,6-10,12,23-24,28,32H,4-5,11,13-22,25-27H2,1-2H3,(H,36,38,39). The molecule has 0 amide bonds.